The van der Waals surface area contributed by atoms with Gasteiger partial charge >= 0.3 is 0 Å². The fraction of sp³-hybridized carbons (Fsp3) is 0.565. The first-order valence-electron chi connectivity index (χ1n) is 10.5. The van der Waals surface area contributed by atoms with E-state index in [9.17, 15) is 13.6 Å². The number of nitrogens with one attached hydrogen (secondary N) is 1. The van der Waals surface area contributed by atoms with E-state index in [1.807, 2.05) is 18.5 Å². The number of carbonyl (C=O) groups excluding carboxylic acids is 1. The van der Waals surface area contributed by atoms with Crippen molar-refractivity contribution in [1.29, 1.82) is 0 Å². The van der Waals surface area contributed by atoms with Crippen LogP contribution >= 0.6 is 0 Å². The summed E-state index contributed by atoms with van der Waals surface area (Å²) in [4.78, 5) is 12.7. The van der Waals surface area contributed by atoms with Crippen molar-refractivity contribution in [1.82, 2.24) is 15.1 Å². The lowest BCUT2D eigenvalue weighted by molar-refractivity contribution is -0.120. The number of amides is 1. The summed E-state index contributed by atoms with van der Waals surface area (Å²) in [5.41, 5.74) is 2.24. The number of nitrogens with zero attached hydrogens (tertiary/aromatic N) is 2. The molecule has 1 saturated carbocycles. The molecule has 0 aliphatic heterocycles. The van der Waals surface area contributed by atoms with E-state index >= 15 is 0 Å². The van der Waals surface area contributed by atoms with E-state index in [4.69, 9.17) is 0 Å². The van der Waals surface area contributed by atoms with Gasteiger partial charge in [-0.1, -0.05) is 32.8 Å². The first-order valence-corrected chi connectivity index (χ1v) is 10.5. The molecule has 4 nitrogen and oxygen atoms in total. The van der Waals surface area contributed by atoms with Crippen LogP contribution in [0.15, 0.2) is 18.2 Å². The lowest BCUT2D eigenvalue weighted by atomic mass is 9.78. The largest absolute Gasteiger partial charge is 0.355 e. The molecule has 6 heteroatoms. The minimum absolute atomic E-state index is 0.120. The molecule has 0 atom stereocenters. The number of halogens is 2. The molecule has 1 amide bonds. The van der Waals surface area contributed by atoms with E-state index in [-0.39, 0.29) is 24.4 Å². The van der Waals surface area contributed by atoms with Crippen LogP contribution in [0, 0.1) is 31.4 Å². The molecular weight excluding hydrogens is 372 g/mol. The maximum Gasteiger partial charge on any atom is 0.224 e. The summed E-state index contributed by atoms with van der Waals surface area (Å²) < 4.78 is 30.9. The first kappa shape index (κ1) is 21.5. The summed E-state index contributed by atoms with van der Waals surface area (Å²) >= 11 is 0. The molecule has 29 heavy (non-hydrogen) atoms. The topological polar surface area (TPSA) is 46.9 Å². The average molecular weight is 404 g/mol. The summed E-state index contributed by atoms with van der Waals surface area (Å²) in [5.74, 6) is -0.721. The van der Waals surface area contributed by atoms with E-state index < -0.39 is 17.0 Å². The Kier molecular flexibility index (Phi) is 6.39. The van der Waals surface area contributed by atoms with Gasteiger partial charge in [0.2, 0.25) is 5.91 Å². The van der Waals surface area contributed by atoms with Crippen LogP contribution in [0.25, 0.3) is 0 Å². The van der Waals surface area contributed by atoms with Crippen molar-refractivity contribution in [3.8, 4) is 0 Å². The third-order valence-corrected chi connectivity index (χ3v) is 6.08. The SMILES string of the molecule is Cc1nn(CC(C)C)c(C)c1CC(=O)NCC1(c2c(F)cccc2F)CCCC1. The van der Waals surface area contributed by atoms with Crippen molar-refractivity contribution in [2.45, 2.75) is 71.8 Å². The average Bonchev–Trinajstić information content (AvgIpc) is 3.21. The highest BCUT2D eigenvalue weighted by Crippen LogP contribution is 2.42. The fourth-order valence-electron chi connectivity index (χ4n) is 4.58. The Morgan fingerprint density at radius 3 is 2.41 bits per heavy atom. The molecule has 0 spiro atoms. The van der Waals surface area contributed by atoms with Crippen LogP contribution in [-0.2, 0) is 23.2 Å². The van der Waals surface area contributed by atoms with Crippen LogP contribution in [0.2, 0.25) is 0 Å². The number of aromatic nitrogens is 2. The van der Waals surface area contributed by atoms with Crippen molar-refractivity contribution < 1.29 is 13.6 Å². The lowest BCUT2D eigenvalue weighted by Gasteiger charge is -2.30. The molecule has 1 aliphatic carbocycles. The maximum absolute atomic E-state index is 14.5. The van der Waals surface area contributed by atoms with Gasteiger partial charge in [0.15, 0.2) is 0 Å². The molecule has 3 rings (SSSR count). The van der Waals surface area contributed by atoms with Gasteiger partial charge < -0.3 is 5.32 Å². The zero-order valence-electron chi connectivity index (χ0n) is 17.8. The van der Waals surface area contributed by atoms with Crippen molar-refractivity contribution >= 4 is 5.91 Å². The van der Waals surface area contributed by atoms with Gasteiger partial charge in [0.05, 0.1) is 12.1 Å². The van der Waals surface area contributed by atoms with Crippen LogP contribution in [0.5, 0.6) is 0 Å². The Labute approximate surface area is 171 Å². The van der Waals surface area contributed by atoms with Crippen LogP contribution in [0.3, 0.4) is 0 Å². The van der Waals surface area contributed by atoms with Crippen LogP contribution in [-0.4, -0.2) is 22.2 Å². The van der Waals surface area contributed by atoms with Gasteiger partial charge in [-0.15, -0.1) is 0 Å². The molecule has 1 aromatic heterocycles. The highest BCUT2D eigenvalue weighted by molar-refractivity contribution is 5.79. The van der Waals surface area contributed by atoms with E-state index in [0.717, 1.165) is 36.3 Å². The Bertz CT molecular complexity index is 862. The second-order valence-electron chi connectivity index (χ2n) is 8.76. The van der Waals surface area contributed by atoms with E-state index in [2.05, 4.69) is 24.3 Å². The Morgan fingerprint density at radius 2 is 1.83 bits per heavy atom. The number of benzene rings is 1. The zero-order valence-corrected chi connectivity index (χ0v) is 17.8. The molecule has 1 fully saturated rings. The molecule has 0 bridgehead atoms. The first-order chi connectivity index (χ1) is 13.7. The summed E-state index contributed by atoms with van der Waals surface area (Å²) in [6, 6.07) is 3.99. The quantitative estimate of drug-likeness (QED) is 0.734. The number of aryl methyl sites for hydroxylation is 1. The molecular formula is C23H31F2N3O. The second-order valence-corrected chi connectivity index (χ2v) is 8.76. The third-order valence-electron chi connectivity index (χ3n) is 6.08. The summed E-state index contributed by atoms with van der Waals surface area (Å²) in [5, 5.41) is 7.52. The number of hydrogen-bond acceptors (Lipinski definition) is 2. The van der Waals surface area contributed by atoms with Gasteiger partial charge in [0, 0.05) is 35.3 Å². The van der Waals surface area contributed by atoms with Crippen LogP contribution in [0.4, 0.5) is 8.78 Å². The van der Waals surface area contributed by atoms with Gasteiger partial charge in [0.25, 0.3) is 0 Å². The molecule has 1 aliphatic rings. The maximum atomic E-state index is 14.5. The monoisotopic (exact) mass is 403 g/mol. The highest BCUT2D eigenvalue weighted by Gasteiger charge is 2.40. The molecule has 2 aromatic rings. The van der Waals surface area contributed by atoms with Gasteiger partial charge in [-0.3, -0.25) is 9.48 Å². The molecule has 1 aromatic carbocycles. The number of rotatable bonds is 7. The number of hydrogen-bond donors (Lipinski definition) is 1. The van der Waals surface area contributed by atoms with Crippen LogP contribution in [0.1, 0.15) is 62.0 Å². The standard InChI is InChI=1S/C23H31F2N3O/c1-15(2)13-28-17(4)18(16(3)27-28)12-21(29)26-14-23(10-5-6-11-23)22-19(24)8-7-9-20(22)25/h7-9,15H,5-6,10-14H2,1-4H3,(H,26,29). The van der Waals surface area contributed by atoms with Gasteiger partial charge in [-0.05, 0) is 44.7 Å². The highest BCUT2D eigenvalue weighted by atomic mass is 19.1. The summed E-state index contributed by atoms with van der Waals surface area (Å²) in [7, 11) is 0. The van der Waals surface area contributed by atoms with Gasteiger partial charge in [-0.2, -0.15) is 5.10 Å². The molecule has 1 heterocycles. The van der Waals surface area contributed by atoms with Crippen molar-refractivity contribution in [2.24, 2.45) is 5.92 Å². The van der Waals surface area contributed by atoms with Crippen molar-refractivity contribution in [3.05, 3.63) is 52.3 Å². The van der Waals surface area contributed by atoms with Crippen LogP contribution < -0.4 is 5.32 Å². The van der Waals surface area contributed by atoms with Gasteiger partial charge in [0.1, 0.15) is 11.6 Å². The van der Waals surface area contributed by atoms with Gasteiger partial charge in [-0.25, -0.2) is 8.78 Å². The molecule has 158 valence electrons. The molecule has 0 radical (unpaired) electrons. The lowest BCUT2D eigenvalue weighted by Crippen LogP contribution is -2.41. The Hall–Kier alpha value is -2.24. The Morgan fingerprint density at radius 1 is 1.21 bits per heavy atom. The summed E-state index contributed by atoms with van der Waals surface area (Å²) in [6.07, 6.45) is 3.39. The normalized spacial score (nSPS) is 15.8. The summed E-state index contributed by atoms with van der Waals surface area (Å²) in [6.45, 7) is 9.22. The van der Waals surface area contributed by atoms with Crippen molar-refractivity contribution in [2.75, 3.05) is 6.54 Å². The van der Waals surface area contributed by atoms with E-state index in [1.54, 1.807) is 0 Å². The minimum atomic E-state index is -0.670. The predicted octanol–water partition coefficient (Wildman–Crippen LogP) is 4.60. The van der Waals surface area contributed by atoms with E-state index in [0.29, 0.717) is 18.8 Å². The van der Waals surface area contributed by atoms with E-state index in [1.165, 1.54) is 18.2 Å². The number of carbonyl (C=O) groups is 1. The second kappa shape index (κ2) is 8.64. The molecule has 1 N–H and O–H groups in total. The zero-order chi connectivity index (χ0) is 21.2. The third kappa shape index (κ3) is 4.51. The molecule has 0 unspecified atom stereocenters. The predicted molar refractivity (Wildman–Crippen MR) is 110 cm³/mol. The van der Waals surface area contributed by atoms with Crippen molar-refractivity contribution in [3.63, 3.8) is 0 Å². The minimum Gasteiger partial charge on any atom is -0.355 e. The molecule has 0 saturated heterocycles. The fourth-order valence-corrected chi connectivity index (χ4v) is 4.58. The Balaban J connectivity index is 1.74. The smallest absolute Gasteiger partial charge is 0.224 e.